The first-order valence-electron chi connectivity index (χ1n) is 14.1. The molecule has 1 aliphatic carbocycles. The summed E-state index contributed by atoms with van der Waals surface area (Å²) in [4.78, 5) is 5.21. The Balaban J connectivity index is 0.00000100. The van der Waals surface area contributed by atoms with Gasteiger partial charge in [0.15, 0.2) is 0 Å². The van der Waals surface area contributed by atoms with Crippen molar-refractivity contribution in [1.82, 2.24) is 9.80 Å². The second kappa shape index (κ2) is 15.1. The number of thioether (sulfide) groups is 1. The fourth-order valence-corrected chi connectivity index (χ4v) is 6.17. The summed E-state index contributed by atoms with van der Waals surface area (Å²) >= 11 is 1.81. The van der Waals surface area contributed by atoms with Crippen LogP contribution in [0.1, 0.15) is 103 Å². The Hall–Kier alpha value is -1.23. The molecule has 0 unspecified atom stereocenters. The molecule has 1 fully saturated rings. The average Bonchev–Trinajstić information content (AvgIpc) is 2.86. The molecule has 1 aromatic carbocycles. The number of nitrogens with two attached hydrogens (primary N) is 1. The summed E-state index contributed by atoms with van der Waals surface area (Å²) < 4.78 is 0. The van der Waals surface area contributed by atoms with Gasteiger partial charge in [-0.3, -0.25) is 0 Å². The summed E-state index contributed by atoms with van der Waals surface area (Å²) in [5.74, 6) is 0. The quantitative estimate of drug-likeness (QED) is 0.356. The molecule has 35 heavy (non-hydrogen) atoms. The van der Waals surface area contributed by atoms with Gasteiger partial charge in [-0.25, -0.2) is 0 Å². The van der Waals surface area contributed by atoms with Gasteiger partial charge in [-0.15, -0.1) is 0 Å². The van der Waals surface area contributed by atoms with E-state index in [1.807, 2.05) is 11.8 Å². The zero-order valence-electron chi connectivity index (χ0n) is 23.7. The lowest BCUT2D eigenvalue weighted by Gasteiger charge is -2.39. The van der Waals surface area contributed by atoms with Crippen molar-refractivity contribution in [3.05, 3.63) is 51.9 Å². The molecule has 1 aromatic rings. The van der Waals surface area contributed by atoms with Crippen molar-refractivity contribution in [3.63, 3.8) is 0 Å². The second-order valence-corrected chi connectivity index (χ2v) is 11.9. The molecule has 0 radical (unpaired) electrons. The van der Waals surface area contributed by atoms with Crippen molar-refractivity contribution in [2.75, 3.05) is 32.7 Å². The van der Waals surface area contributed by atoms with Crippen molar-refractivity contribution in [1.29, 1.82) is 0 Å². The molecule has 198 valence electrons. The standard InChI is InChI=1S/C28H44N2S.C3H9N/c1-7-16-30(17-8-2)26-13-18-29(19-14-26)23(4)31-21-22(3)24-11-12-27-25(20-24)10-9-15-28(27,5)6;1-2-3-4/h11-12,20-21,26H,4,7-10,13-19H2,1-3,5-6H3;2-4H2,1H3/b22-21+;. The van der Waals surface area contributed by atoms with Crippen LogP contribution in [0.25, 0.3) is 5.57 Å². The second-order valence-electron chi connectivity index (χ2n) is 11.0. The van der Waals surface area contributed by atoms with Gasteiger partial charge in [0, 0.05) is 19.1 Å². The Morgan fingerprint density at radius 3 is 2.34 bits per heavy atom. The van der Waals surface area contributed by atoms with E-state index < -0.39 is 0 Å². The largest absolute Gasteiger partial charge is 0.366 e. The van der Waals surface area contributed by atoms with Crippen molar-refractivity contribution in [2.24, 2.45) is 5.73 Å². The van der Waals surface area contributed by atoms with Crippen LogP contribution in [-0.2, 0) is 11.8 Å². The van der Waals surface area contributed by atoms with Crippen molar-refractivity contribution < 1.29 is 0 Å². The van der Waals surface area contributed by atoms with E-state index >= 15 is 0 Å². The lowest BCUT2D eigenvalue weighted by molar-refractivity contribution is 0.127. The van der Waals surface area contributed by atoms with Gasteiger partial charge in [0.2, 0.25) is 0 Å². The maximum absolute atomic E-state index is 5.03. The number of nitrogens with zero attached hydrogens (tertiary/aromatic N) is 2. The Morgan fingerprint density at radius 2 is 1.77 bits per heavy atom. The summed E-state index contributed by atoms with van der Waals surface area (Å²) in [7, 11) is 0. The lowest BCUT2D eigenvalue weighted by Crippen LogP contribution is -2.44. The Labute approximate surface area is 221 Å². The molecule has 1 saturated heterocycles. The van der Waals surface area contributed by atoms with Gasteiger partial charge in [-0.2, -0.15) is 0 Å². The minimum Gasteiger partial charge on any atom is -0.366 e. The molecule has 1 aliphatic heterocycles. The first kappa shape index (κ1) is 30.0. The predicted octanol–water partition coefficient (Wildman–Crippen LogP) is 7.81. The highest BCUT2D eigenvalue weighted by atomic mass is 32.2. The van der Waals surface area contributed by atoms with Crippen molar-refractivity contribution >= 4 is 17.3 Å². The fraction of sp³-hybridized carbons (Fsp3) is 0.677. The molecule has 0 amide bonds. The smallest absolute Gasteiger partial charge is 0.0676 e. The maximum atomic E-state index is 5.03. The number of hydrogen-bond acceptors (Lipinski definition) is 4. The van der Waals surface area contributed by atoms with Gasteiger partial charge in [0.1, 0.15) is 0 Å². The minimum atomic E-state index is 0.322. The molecule has 0 spiro atoms. The van der Waals surface area contributed by atoms with Crippen LogP contribution in [0.4, 0.5) is 0 Å². The predicted molar refractivity (Wildman–Crippen MR) is 159 cm³/mol. The van der Waals surface area contributed by atoms with Crippen LogP contribution < -0.4 is 5.73 Å². The Kier molecular flexibility index (Phi) is 13.0. The van der Waals surface area contributed by atoms with E-state index in [2.05, 4.69) is 81.5 Å². The summed E-state index contributed by atoms with van der Waals surface area (Å²) in [5.41, 5.74) is 11.2. The van der Waals surface area contributed by atoms with Crippen LogP contribution in [0.2, 0.25) is 0 Å². The number of rotatable bonds is 10. The number of fused-ring (bicyclic) bond motifs is 1. The van der Waals surface area contributed by atoms with E-state index in [1.165, 1.54) is 74.2 Å². The summed E-state index contributed by atoms with van der Waals surface area (Å²) in [6.45, 7) is 23.7. The van der Waals surface area contributed by atoms with Crippen molar-refractivity contribution in [3.8, 4) is 0 Å². The van der Waals surface area contributed by atoms with Gasteiger partial charge in [0.25, 0.3) is 0 Å². The first-order chi connectivity index (χ1) is 16.8. The lowest BCUT2D eigenvalue weighted by atomic mass is 9.72. The topological polar surface area (TPSA) is 32.5 Å². The molecule has 0 aromatic heterocycles. The van der Waals surface area contributed by atoms with Crippen molar-refractivity contribution in [2.45, 2.75) is 104 Å². The zero-order valence-corrected chi connectivity index (χ0v) is 24.5. The molecule has 1 heterocycles. The molecule has 3 rings (SSSR count). The number of aryl methyl sites for hydroxylation is 1. The van der Waals surface area contributed by atoms with Gasteiger partial charge >= 0.3 is 0 Å². The number of benzene rings is 1. The van der Waals surface area contributed by atoms with Gasteiger partial charge in [0.05, 0.1) is 5.03 Å². The molecule has 3 nitrogen and oxygen atoms in total. The molecule has 2 N–H and O–H groups in total. The van der Waals surface area contributed by atoms with Gasteiger partial charge in [-0.05, 0) is 111 Å². The third-order valence-electron chi connectivity index (χ3n) is 7.55. The number of allylic oxidation sites excluding steroid dienone is 1. The van der Waals surface area contributed by atoms with Gasteiger partial charge in [-0.1, -0.05) is 71.2 Å². The monoisotopic (exact) mass is 499 g/mol. The Bertz CT molecular complexity index is 797. The first-order valence-corrected chi connectivity index (χ1v) is 15.0. The van der Waals surface area contributed by atoms with Gasteiger partial charge < -0.3 is 15.5 Å². The van der Waals surface area contributed by atoms with E-state index in [-0.39, 0.29) is 0 Å². The zero-order chi connectivity index (χ0) is 25.8. The highest BCUT2D eigenvalue weighted by Gasteiger charge is 2.27. The van der Waals surface area contributed by atoms with E-state index in [1.54, 1.807) is 11.1 Å². The van der Waals surface area contributed by atoms with E-state index in [0.717, 1.165) is 32.1 Å². The molecular weight excluding hydrogens is 446 g/mol. The third kappa shape index (κ3) is 8.98. The molecular formula is C31H53N3S. The van der Waals surface area contributed by atoms with Crippen LogP contribution in [0, 0.1) is 0 Å². The summed E-state index contributed by atoms with van der Waals surface area (Å²) in [6.07, 6.45) is 9.98. The SMILES string of the molecule is C=C(S/C=C(\C)c1ccc2c(c1)CCCC2(C)C)N1CCC(N(CCC)CCC)CC1.CCCN. The van der Waals surface area contributed by atoms with Crippen LogP contribution >= 0.6 is 11.8 Å². The van der Waals surface area contributed by atoms with Crippen LogP contribution in [0.15, 0.2) is 35.2 Å². The van der Waals surface area contributed by atoms with E-state index in [9.17, 15) is 0 Å². The van der Waals surface area contributed by atoms with Crippen LogP contribution in [0.3, 0.4) is 0 Å². The number of hydrogen-bond donors (Lipinski definition) is 1. The number of piperidine rings is 1. The van der Waals surface area contributed by atoms with E-state index in [4.69, 9.17) is 5.73 Å². The Morgan fingerprint density at radius 1 is 1.14 bits per heavy atom. The molecule has 0 atom stereocenters. The average molecular weight is 500 g/mol. The summed E-state index contributed by atoms with van der Waals surface area (Å²) in [6, 6.07) is 7.89. The molecule has 4 heteroatoms. The third-order valence-corrected chi connectivity index (χ3v) is 8.55. The maximum Gasteiger partial charge on any atom is 0.0676 e. The fourth-order valence-electron chi connectivity index (χ4n) is 5.39. The molecule has 2 aliphatic rings. The minimum absolute atomic E-state index is 0.322. The van der Waals surface area contributed by atoms with Crippen LogP contribution in [0.5, 0.6) is 0 Å². The highest BCUT2D eigenvalue weighted by molar-refractivity contribution is 8.05. The van der Waals surface area contributed by atoms with E-state index in [0.29, 0.717) is 5.41 Å². The molecule has 0 saturated carbocycles. The van der Waals surface area contributed by atoms with Crippen LogP contribution in [-0.4, -0.2) is 48.6 Å². The number of likely N-dealkylation sites (tertiary alicyclic amines) is 1. The summed E-state index contributed by atoms with van der Waals surface area (Å²) in [5, 5.41) is 3.51. The normalized spacial score (nSPS) is 18.2. The highest BCUT2D eigenvalue weighted by Crippen LogP contribution is 2.38. The molecule has 0 bridgehead atoms.